The number of nitrogens with one attached hydrogen (secondary N) is 2. The number of carbonyl (C=O) groups is 1. The van der Waals surface area contributed by atoms with Crippen LogP contribution in [0.4, 0.5) is 0 Å². The molecule has 3 heterocycles. The van der Waals surface area contributed by atoms with E-state index in [1.165, 1.54) is 38.5 Å². The molecule has 1 saturated carbocycles. The van der Waals surface area contributed by atoms with Crippen LogP contribution in [0.2, 0.25) is 0 Å². The lowest BCUT2D eigenvalue weighted by Crippen LogP contribution is -2.49. The average molecular weight is 321 g/mol. The van der Waals surface area contributed by atoms with E-state index in [-0.39, 0.29) is 11.9 Å². The zero-order valence-electron chi connectivity index (χ0n) is 13.6. The summed E-state index contributed by atoms with van der Waals surface area (Å²) in [5, 5.41) is 6.95. The minimum atomic E-state index is -0.138. The molecule has 4 rings (SSSR count). The van der Waals surface area contributed by atoms with Crippen molar-refractivity contribution in [1.29, 1.82) is 0 Å². The normalized spacial score (nSPS) is 37.5. The van der Waals surface area contributed by atoms with Crippen LogP contribution in [0.15, 0.2) is 12.0 Å². The molecule has 0 radical (unpaired) electrons. The van der Waals surface area contributed by atoms with E-state index in [0.29, 0.717) is 37.2 Å². The molecule has 0 bridgehead atoms. The lowest BCUT2D eigenvalue weighted by molar-refractivity contribution is -0.123. The Bertz CT molecular complexity index is 482. The largest absolute Gasteiger partial charge is 0.494 e. The van der Waals surface area contributed by atoms with Gasteiger partial charge >= 0.3 is 0 Å². The highest BCUT2D eigenvalue weighted by Gasteiger charge is 2.44. The Labute approximate surface area is 137 Å². The van der Waals surface area contributed by atoms with Crippen LogP contribution in [0.25, 0.3) is 0 Å². The molecular formula is C17H27N3O3. The van der Waals surface area contributed by atoms with Crippen LogP contribution < -0.4 is 10.6 Å². The van der Waals surface area contributed by atoms with Gasteiger partial charge in [-0.2, -0.15) is 0 Å². The van der Waals surface area contributed by atoms with Crippen molar-refractivity contribution in [1.82, 2.24) is 15.5 Å². The predicted octanol–water partition coefficient (Wildman–Crippen LogP) is 1.09. The second kappa shape index (κ2) is 6.69. The number of hydrogen-bond acceptors (Lipinski definition) is 5. The van der Waals surface area contributed by atoms with Gasteiger partial charge in [0.1, 0.15) is 19.5 Å². The topological polar surface area (TPSA) is 62.8 Å². The van der Waals surface area contributed by atoms with Gasteiger partial charge in [-0.15, -0.1) is 0 Å². The molecule has 0 aromatic carbocycles. The fourth-order valence-corrected chi connectivity index (χ4v) is 4.56. The van der Waals surface area contributed by atoms with Crippen molar-refractivity contribution < 1.29 is 14.3 Å². The summed E-state index contributed by atoms with van der Waals surface area (Å²) in [5.74, 6) is 0.173. The minimum Gasteiger partial charge on any atom is -0.494 e. The Morgan fingerprint density at radius 3 is 3.04 bits per heavy atom. The Kier molecular flexibility index (Phi) is 4.44. The second-order valence-corrected chi connectivity index (χ2v) is 7.13. The fourth-order valence-electron chi connectivity index (χ4n) is 4.56. The summed E-state index contributed by atoms with van der Waals surface area (Å²) < 4.78 is 10.5. The molecule has 4 aliphatic rings. The molecule has 0 aromatic rings. The van der Waals surface area contributed by atoms with Crippen molar-refractivity contribution in [3.63, 3.8) is 0 Å². The smallest absolute Gasteiger partial charge is 0.289 e. The summed E-state index contributed by atoms with van der Waals surface area (Å²) >= 11 is 0. The van der Waals surface area contributed by atoms with E-state index in [9.17, 15) is 4.79 Å². The monoisotopic (exact) mass is 321 g/mol. The molecule has 128 valence electrons. The van der Waals surface area contributed by atoms with E-state index in [4.69, 9.17) is 9.47 Å². The van der Waals surface area contributed by atoms with Crippen molar-refractivity contribution in [3.05, 3.63) is 12.0 Å². The lowest BCUT2D eigenvalue weighted by atomic mass is 9.87. The van der Waals surface area contributed by atoms with Gasteiger partial charge in [0.15, 0.2) is 0 Å². The molecule has 4 unspecified atom stereocenters. The van der Waals surface area contributed by atoms with Gasteiger partial charge < -0.3 is 14.8 Å². The number of ether oxygens (including phenoxy) is 2. The minimum absolute atomic E-state index is 0.138. The van der Waals surface area contributed by atoms with Gasteiger partial charge in [-0.1, -0.05) is 12.8 Å². The van der Waals surface area contributed by atoms with Crippen LogP contribution in [0, 0.1) is 0 Å². The Morgan fingerprint density at radius 1 is 1.22 bits per heavy atom. The quantitative estimate of drug-likeness (QED) is 0.797. The number of nitrogens with zero attached hydrogens (tertiary/aromatic N) is 1. The highest BCUT2D eigenvalue weighted by Crippen LogP contribution is 2.33. The molecule has 3 fully saturated rings. The molecular weight excluding hydrogens is 294 g/mol. The molecule has 23 heavy (non-hydrogen) atoms. The first-order chi connectivity index (χ1) is 11.3. The summed E-state index contributed by atoms with van der Waals surface area (Å²) in [6.45, 7) is 2.20. The predicted molar refractivity (Wildman–Crippen MR) is 85.4 cm³/mol. The summed E-state index contributed by atoms with van der Waals surface area (Å²) in [6.07, 6.45) is 10.5. The first-order valence-corrected chi connectivity index (χ1v) is 9.08. The van der Waals surface area contributed by atoms with E-state index in [0.717, 1.165) is 19.3 Å². The molecule has 6 nitrogen and oxygen atoms in total. The molecule has 4 atom stereocenters. The SMILES string of the molecule is O=C(NC1CCC2C(C1)NC1CCCCCN12)C1=COCCO1. The fraction of sp³-hybridized carbons (Fsp3) is 0.824. The summed E-state index contributed by atoms with van der Waals surface area (Å²) in [7, 11) is 0. The molecule has 0 aromatic heterocycles. The van der Waals surface area contributed by atoms with Gasteiger partial charge in [-0.3, -0.25) is 15.0 Å². The third-order valence-electron chi connectivity index (χ3n) is 5.65. The van der Waals surface area contributed by atoms with Crippen molar-refractivity contribution in [2.45, 2.75) is 69.2 Å². The number of amides is 1. The first-order valence-electron chi connectivity index (χ1n) is 9.08. The average Bonchev–Trinajstić information content (AvgIpc) is 2.76. The van der Waals surface area contributed by atoms with Crippen LogP contribution in [-0.2, 0) is 14.3 Å². The van der Waals surface area contributed by atoms with Crippen molar-refractivity contribution in [2.75, 3.05) is 19.8 Å². The molecule has 3 aliphatic heterocycles. The van der Waals surface area contributed by atoms with Crippen molar-refractivity contribution >= 4 is 5.91 Å². The van der Waals surface area contributed by atoms with E-state index in [1.807, 2.05) is 0 Å². The standard InChI is InChI=1S/C17H27N3O3/c21-17(15-11-22-8-9-23-15)18-12-5-6-14-13(10-12)19-16-4-2-1-3-7-20(14)16/h11-14,16,19H,1-10H2,(H,18,21). The second-order valence-electron chi connectivity index (χ2n) is 7.13. The van der Waals surface area contributed by atoms with Gasteiger partial charge in [0.2, 0.25) is 5.76 Å². The van der Waals surface area contributed by atoms with Gasteiger partial charge in [-0.25, -0.2) is 0 Å². The van der Waals surface area contributed by atoms with Gasteiger partial charge in [-0.05, 0) is 38.6 Å². The van der Waals surface area contributed by atoms with Crippen LogP contribution in [0.3, 0.4) is 0 Å². The first kappa shape index (κ1) is 15.3. The van der Waals surface area contributed by atoms with Crippen LogP contribution in [-0.4, -0.2) is 54.9 Å². The molecule has 1 aliphatic carbocycles. The Morgan fingerprint density at radius 2 is 2.17 bits per heavy atom. The van der Waals surface area contributed by atoms with E-state index in [2.05, 4.69) is 15.5 Å². The highest BCUT2D eigenvalue weighted by molar-refractivity contribution is 5.91. The summed E-state index contributed by atoms with van der Waals surface area (Å²) in [4.78, 5) is 14.9. The van der Waals surface area contributed by atoms with Crippen molar-refractivity contribution in [3.8, 4) is 0 Å². The molecule has 0 spiro atoms. The summed E-state index contributed by atoms with van der Waals surface area (Å²) in [5.41, 5.74) is 0. The maximum absolute atomic E-state index is 12.2. The molecule has 1 amide bonds. The van der Waals surface area contributed by atoms with Gasteiger partial charge in [0.25, 0.3) is 5.91 Å². The third-order valence-corrected chi connectivity index (χ3v) is 5.65. The van der Waals surface area contributed by atoms with Crippen LogP contribution in [0.1, 0.15) is 44.9 Å². The maximum atomic E-state index is 12.2. The lowest BCUT2D eigenvalue weighted by Gasteiger charge is -2.35. The van der Waals surface area contributed by atoms with Crippen molar-refractivity contribution in [2.24, 2.45) is 0 Å². The van der Waals surface area contributed by atoms with Gasteiger partial charge in [0.05, 0.1) is 6.17 Å². The van der Waals surface area contributed by atoms with Gasteiger partial charge in [0, 0.05) is 18.1 Å². The zero-order chi connectivity index (χ0) is 15.6. The highest BCUT2D eigenvalue weighted by atomic mass is 16.6. The Balaban J connectivity index is 1.34. The van der Waals surface area contributed by atoms with E-state index < -0.39 is 0 Å². The Hall–Kier alpha value is -1.27. The number of hydrogen-bond donors (Lipinski definition) is 2. The third kappa shape index (κ3) is 3.19. The number of rotatable bonds is 2. The van der Waals surface area contributed by atoms with E-state index >= 15 is 0 Å². The number of fused-ring (bicyclic) bond motifs is 3. The maximum Gasteiger partial charge on any atom is 0.289 e. The molecule has 2 N–H and O–H groups in total. The molecule has 2 saturated heterocycles. The molecule has 6 heteroatoms. The van der Waals surface area contributed by atoms with E-state index in [1.54, 1.807) is 0 Å². The zero-order valence-corrected chi connectivity index (χ0v) is 13.6. The summed E-state index contributed by atoms with van der Waals surface area (Å²) in [6, 6.07) is 1.39. The number of carbonyl (C=O) groups excluding carboxylic acids is 1. The van der Waals surface area contributed by atoms with Crippen LogP contribution in [0.5, 0.6) is 0 Å². The van der Waals surface area contributed by atoms with Crippen LogP contribution >= 0.6 is 0 Å².